The lowest BCUT2D eigenvalue weighted by molar-refractivity contribution is -0.129. The van der Waals surface area contributed by atoms with E-state index in [2.05, 4.69) is 0 Å². The van der Waals surface area contributed by atoms with Crippen LogP contribution in [0.3, 0.4) is 0 Å². The number of alkyl halides is 1. The molecule has 0 bridgehead atoms. The van der Waals surface area contributed by atoms with Crippen LogP contribution in [0.15, 0.2) is 30.3 Å². The van der Waals surface area contributed by atoms with Gasteiger partial charge in [0.1, 0.15) is 12.4 Å². The SMILES string of the molecule is N#CC1COC(F)(COc2ccccc2)C1. The molecule has 1 aliphatic rings. The van der Waals surface area contributed by atoms with Crippen molar-refractivity contribution >= 4 is 0 Å². The van der Waals surface area contributed by atoms with Crippen molar-refractivity contribution in [3.8, 4) is 11.8 Å². The normalized spacial score (nSPS) is 28.6. The monoisotopic (exact) mass is 221 g/mol. The zero-order chi connectivity index (χ0) is 11.4. The van der Waals surface area contributed by atoms with Crippen LogP contribution < -0.4 is 4.74 Å². The fourth-order valence-corrected chi connectivity index (χ4v) is 1.63. The second kappa shape index (κ2) is 4.50. The molecule has 0 spiro atoms. The van der Waals surface area contributed by atoms with Gasteiger partial charge in [0.25, 0.3) is 0 Å². The number of hydrogen-bond donors (Lipinski definition) is 0. The Hall–Kier alpha value is -1.60. The van der Waals surface area contributed by atoms with Gasteiger partial charge in [-0.1, -0.05) is 18.2 Å². The van der Waals surface area contributed by atoms with Crippen LogP contribution in [-0.2, 0) is 4.74 Å². The Kier molecular flexibility index (Phi) is 3.07. The highest BCUT2D eigenvalue weighted by Gasteiger charge is 2.41. The van der Waals surface area contributed by atoms with Gasteiger partial charge in [-0.3, -0.25) is 0 Å². The van der Waals surface area contributed by atoms with Crippen LogP contribution in [0.1, 0.15) is 6.42 Å². The third-order valence-electron chi connectivity index (χ3n) is 2.47. The van der Waals surface area contributed by atoms with E-state index in [1.165, 1.54) is 0 Å². The smallest absolute Gasteiger partial charge is 0.244 e. The second-order valence-corrected chi connectivity index (χ2v) is 3.83. The lowest BCUT2D eigenvalue weighted by Crippen LogP contribution is -2.30. The fourth-order valence-electron chi connectivity index (χ4n) is 1.63. The zero-order valence-electron chi connectivity index (χ0n) is 8.73. The summed E-state index contributed by atoms with van der Waals surface area (Å²) in [7, 11) is 0. The van der Waals surface area contributed by atoms with Crippen LogP contribution >= 0.6 is 0 Å². The lowest BCUT2D eigenvalue weighted by Gasteiger charge is -2.18. The van der Waals surface area contributed by atoms with Crippen molar-refractivity contribution in [2.45, 2.75) is 12.3 Å². The Bertz CT molecular complexity index is 390. The first-order valence-electron chi connectivity index (χ1n) is 5.12. The molecule has 16 heavy (non-hydrogen) atoms. The van der Waals surface area contributed by atoms with Crippen LogP contribution in [-0.4, -0.2) is 19.1 Å². The molecule has 0 aromatic heterocycles. The van der Waals surface area contributed by atoms with Crippen molar-refractivity contribution in [1.29, 1.82) is 5.26 Å². The van der Waals surface area contributed by atoms with Crippen LogP contribution in [0.2, 0.25) is 0 Å². The standard InChI is InChI=1S/C12H12FNO2/c13-12(6-10(7-14)8-16-12)9-15-11-4-2-1-3-5-11/h1-5,10H,6,8-9H2. The number of para-hydroxylation sites is 1. The van der Waals surface area contributed by atoms with E-state index in [4.69, 9.17) is 14.7 Å². The van der Waals surface area contributed by atoms with E-state index in [9.17, 15) is 4.39 Å². The van der Waals surface area contributed by atoms with Gasteiger partial charge < -0.3 is 9.47 Å². The van der Waals surface area contributed by atoms with Crippen LogP contribution in [0.5, 0.6) is 5.75 Å². The average Bonchev–Trinajstić information content (AvgIpc) is 2.71. The van der Waals surface area contributed by atoms with Crippen molar-refractivity contribution in [3.05, 3.63) is 30.3 Å². The van der Waals surface area contributed by atoms with E-state index < -0.39 is 5.85 Å². The number of ether oxygens (including phenoxy) is 2. The highest BCUT2D eigenvalue weighted by atomic mass is 19.2. The van der Waals surface area contributed by atoms with Crippen molar-refractivity contribution in [2.75, 3.05) is 13.2 Å². The minimum atomic E-state index is -1.82. The predicted octanol–water partition coefficient (Wildman–Crippen LogP) is 2.29. The third kappa shape index (κ3) is 2.50. The topological polar surface area (TPSA) is 42.2 Å². The Morgan fingerprint density at radius 2 is 2.25 bits per heavy atom. The molecule has 2 atom stereocenters. The van der Waals surface area contributed by atoms with Crippen molar-refractivity contribution in [2.24, 2.45) is 5.92 Å². The molecule has 1 saturated heterocycles. The summed E-state index contributed by atoms with van der Waals surface area (Å²) in [4.78, 5) is 0. The van der Waals surface area contributed by atoms with Gasteiger partial charge in [0, 0.05) is 6.42 Å². The van der Waals surface area contributed by atoms with Crippen LogP contribution in [0, 0.1) is 17.2 Å². The first kappa shape index (κ1) is 10.9. The van der Waals surface area contributed by atoms with Gasteiger partial charge in [0.2, 0.25) is 5.85 Å². The van der Waals surface area contributed by atoms with Crippen molar-refractivity contribution in [3.63, 3.8) is 0 Å². The largest absolute Gasteiger partial charge is 0.488 e. The number of nitriles is 1. The Morgan fingerprint density at radius 1 is 1.50 bits per heavy atom. The molecule has 1 fully saturated rings. The summed E-state index contributed by atoms with van der Waals surface area (Å²) in [5.74, 6) is -1.59. The van der Waals surface area contributed by atoms with Gasteiger partial charge in [-0.05, 0) is 12.1 Å². The van der Waals surface area contributed by atoms with Gasteiger partial charge in [-0.15, -0.1) is 0 Å². The molecule has 0 aliphatic carbocycles. The minimum absolute atomic E-state index is 0.0797. The molecule has 2 unspecified atom stereocenters. The number of nitrogens with zero attached hydrogens (tertiary/aromatic N) is 1. The number of halogens is 1. The third-order valence-corrected chi connectivity index (χ3v) is 2.47. The van der Waals surface area contributed by atoms with E-state index >= 15 is 0 Å². The molecule has 0 saturated carbocycles. The van der Waals surface area contributed by atoms with Gasteiger partial charge in [-0.25, -0.2) is 4.39 Å². The summed E-state index contributed by atoms with van der Waals surface area (Å²) >= 11 is 0. The fraction of sp³-hybridized carbons (Fsp3) is 0.417. The molecular weight excluding hydrogens is 209 g/mol. The number of rotatable bonds is 3. The van der Waals surface area contributed by atoms with Gasteiger partial charge in [0.05, 0.1) is 18.6 Å². The molecule has 1 heterocycles. The highest BCUT2D eigenvalue weighted by Crippen LogP contribution is 2.31. The summed E-state index contributed by atoms with van der Waals surface area (Å²) in [5, 5.41) is 8.65. The Balaban J connectivity index is 1.89. The highest BCUT2D eigenvalue weighted by molar-refractivity contribution is 5.21. The van der Waals surface area contributed by atoms with E-state index in [0.29, 0.717) is 5.75 Å². The zero-order valence-corrected chi connectivity index (χ0v) is 8.73. The maximum absolute atomic E-state index is 13.9. The van der Waals surface area contributed by atoms with Gasteiger partial charge in [0.15, 0.2) is 0 Å². The van der Waals surface area contributed by atoms with Crippen LogP contribution in [0.25, 0.3) is 0 Å². The molecule has 0 radical (unpaired) electrons. The molecule has 3 nitrogen and oxygen atoms in total. The van der Waals surface area contributed by atoms with Crippen molar-refractivity contribution in [1.82, 2.24) is 0 Å². The Morgan fingerprint density at radius 3 is 2.88 bits per heavy atom. The maximum atomic E-state index is 13.9. The summed E-state index contributed by atoms with van der Waals surface area (Å²) in [6, 6.07) is 11.0. The average molecular weight is 221 g/mol. The number of hydrogen-bond acceptors (Lipinski definition) is 3. The quantitative estimate of drug-likeness (QED) is 0.786. The van der Waals surface area contributed by atoms with Crippen molar-refractivity contribution < 1.29 is 13.9 Å². The molecule has 84 valence electrons. The van der Waals surface area contributed by atoms with Gasteiger partial charge in [-0.2, -0.15) is 5.26 Å². The van der Waals surface area contributed by atoms with E-state index in [0.717, 1.165) is 0 Å². The van der Waals surface area contributed by atoms with E-state index in [1.54, 1.807) is 12.1 Å². The van der Waals surface area contributed by atoms with Crippen LogP contribution in [0.4, 0.5) is 4.39 Å². The molecule has 1 aliphatic heterocycles. The molecule has 0 N–H and O–H groups in total. The summed E-state index contributed by atoms with van der Waals surface area (Å²) in [5.41, 5.74) is 0. The molecule has 1 aromatic rings. The molecule has 4 heteroatoms. The molecule has 1 aromatic carbocycles. The Labute approximate surface area is 93.4 Å². The lowest BCUT2D eigenvalue weighted by atomic mass is 10.1. The first-order valence-corrected chi connectivity index (χ1v) is 5.12. The number of benzene rings is 1. The van der Waals surface area contributed by atoms with E-state index in [-0.39, 0.29) is 25.6 Å². The summed E-state index contributed by atoms with van der Waals surface area (Å²) < 4.78 is 24.2. The van der Waals surface area contributed by atoms with E-state index in [1.807, 2.05) is 24.3 Å². The summed E-state index contributed by atoms with van der Waals surface area (Å²) in [6.07, 6.45) is 0.0797. The second-order valence-electron chi connectivity index (χ2n) is 3.83. The predicted molar refractivity (Wildman–Crippen MR) is 55.4 cm³/mol. The van der Waals surface area contributed by atoms with Gasteiger partial charge >= 0.3 is 0 Å². The maximum Gasteiger partial charge on any atom is 0.244 e. The summed E-state index contributed by atoms with van der Waals surface area (Å²) in [6.45, 7) is -0.0274. The first-order chi connectivity index (χ1) is 7.72. The molecule has 2 rings (SSSR count). The molecule has 0 amide bonds. The molecular formula is C12H12FNO2. The minimum Gasteiger partial charge on any atom is -0.488 e.